The molecule has 2 aromatic heterocycles. The van der Waals surface area contributed by atoms with Crippen molar-refractivity contribution in [3.63, 3.8) is 0 Å². The maximum absolute atomic E-state index is 13.7. The molecule has 2 heterocycles. The van der Waals surface area contributed by atoms with Crippen molar-refractivity contribution in [2.24, 2.45) is 0 Å². The zero-order chi connectivity index (χ0) is 21.5. The SMILES string of the molecule is O=c1[nH]c(Cc2ccccc2OC(F)(F)F)nc2c1cnn2-c1cc(F)ccc1Br. The number of aromatic amines is 1. The average molecular weight is 483 g/mol. The summed E-state index contributed by atoms with van der Waals surface area (Å²) in [6.07, 6.45) is -3.71. The Morgan fingerprint density at radius 2 is 1.93 bits per heavy atom. The zero-order valence-corrected chi connectivity index (χ0v) is 16.5. The highest BCUT2D eigenvalue weighted by Gasteiger charge is 2.32. The molecule has 0 fully saturated rings. The summed E-state index contributed by atoms with van der Waals surface area (Å²) in [5.41, 5.74) is 0.0995. The lowest BCUT2D eigenvalue weighted by Gasteiger charge is -2.13. The highest BCUT2D eigenvalue weighted by Crippen LogP contribution is 2.28. The summed E-state index contributed by atoms with van der Waals surface area (Å²) in [4.78, 5) is 19.3. The minimum Gasteiger partial charge on any atom is -0.405 e. The van der Waals surface area contributed by atoms with Crippen molar-refractivity contribution in [1.82, 2.24) is 19.7 Å². The predicted molar refractivity (Wildman–Crippen MR) is 103 cm³/mol. The van der Waals surface area contributed by atoms with Crippen molar-refractivity contribution < 1.29 is 22.3 Å². The van der Waals surface area contributed by atoms with Crippen molar-refractivity contribution in [3.8, 4) is 11.4 Å². The lowest BCUT2D eigenvalue weighted by Crippen LogP contribution is -2.18. The Kier molecular flexibility index (Phi) is 5.06. The van der Waals surface area contributed by atoms with Crippen LogP contribution in [-0.2, 0) is 6.42 Å². The van der Waals surface area contributed by atoms with E-state index in [1.807, 2.05) is 0 Å². The third-order valence-corrected chi connectivity index (χ3v) is 4.85. The van der Waals surface area contributed by atoms with E-state index in [2.05, 4.69) is 35.7 Å². The second kappa shape index (κ2) is 7.56. The van der Waals surface area contributed by atoms with Gasteiger partial charge in [-0.05, 0) is 34.1 Å². The van der Waals surface area contributed by atoms with Crippen LogP contribution in [0.3, 0.4) is 0 Å². The van der Waals surface area contributed by atoms with Gasteiger partial charge in [-0.15, -0.1) is 13.2 Å². The van der Waals surface area contributed by atoms with Crippen molar-refractivity contribution in [2.75, 3.05) is 0 Å². The Bertz CT molecular complexity index is 1300. The summed E-state index contributed by atoms with van der Waals surface area (Å²) in [7, 11) is 0. The second-order valence-corrected chi connectivity index (χ2v) is 7.09. The minimum absolute atomic E-state index is 0.0972. The molecular weight excluding hydrogens is 472 g/mol. The number of benzene rings is 2. The normalized spacial score (nSPS) is 11.8. The smallest absolute Gasteiger partial charge is 0.405 e. The molecule has 6 nitrogen and oxygen atoms in total. The number of nitrogens with zero attached hydrogens (tertiary/aromatic N) is 3. The Morgan fingerprint density at radius 3 is 2.70 bits per heavy atom. The van der Waals surface area contributed by atoms with Crippen LogP contribution in [0.4, 0.5) is 17.6 Å². The molecule has 2 aromatic carbocycles. The number of alkyl halides is 3. The summed E-state index contributed by atoms with van der Waals surface area (Å²) in [5, 5.41) is 4.25. The molecule has 0 atom stereocenters. The summed E-state index contributed by atoms with van der Waals surface area (Å²) in [5.74, 6) is -0.811. The molecule has 0 radical (unpaired) electrons. The van der Waals surface area contributed by atoms with E-state index in [-0.39, 0.29) is 28.8 Å². The van der Waals surface area contributed by atoms with Gasteiger partial charge in [-0.2, -0.15) is 5.10 Å². The molecule has 0 bridgehead atoms. The number of fused-ring (bicyclic) bond motifs is 1. The van der Waals surface area contributed by atoms with Crippen molar-refractivity contribution >= 4 is 27.0 Å². The molecule has 1 N–H and O–H groups in total. The standard InChI is InChI=1S/C19H11BrF4N4O2/c20-13-6-5-11(21)8-14(13)28-17-12(9-25-28)18(29)27-16(26-17)7-10-3-1-2-4-15(10)30-19(22,23)24/h1-6,8-9H,7H2,(H,26,27,29). The molecular formula is C19H11BrF4N4O2. The first-order chi connectivity index (χ1) is 14.2. The quantitative estimate of drug-likeness (QED) is 0.434. The predicted octanol–water partition coefficient (Wildman–Crippen LogP) is 4.50. The average Bonchev–Trinajstić information content (AvgIpc) is 3.08. The van der Waals surface area contributed by atoms with Crippen molar-refractivity contribution in [1.29, 1.82) is 0 Å². The molecule has 0 unspecified atom stereocenters. The van der Waals surface area contributed by atoms with Gasteiger partial charge in [0.2, 0.25) is 0 Å². The fourth-order valence-electron chi connectivity index (χ4n) is 2.93. The van der Waals surface area contributed by atoms with Crippen LogP contribution < -0.4 is 10.3 Å². The summed E-state index contributed by atoms with van der Waals surface area (Å²) in [6.45, 7) is 0. The fraction of sp³-hybridized carbons (Fsp3) is 0.105. The molecule has 0 spiro atoms. The fourth-order valence-corrected chi connectivity index (χ4v) is 3.34. The van der Waals surface area contributed by atoms with E-state index in [0.717, 1.165) is 0 Å². The van der Waals surface area contributed by atoms with E-state index in [1.165, 1.54) is 47.3 Å². The van der Waals surface area contributed by atoms with Gasteiger partial charge >= 0.3 is 6.36 Å². The molecule has 4 aromatic rings. The van der Waals surface area contributed by atoms with Crippen LogP contribution in [0.2, 0.25) is 0 Å². The molecule has 154 valence electrons. The Labute approximate surface area is 174 Å². The van der Waals surface area contributed by atoms with Crippen LogP contribution in [0.1, 0.15) is 11.4 Å². The minimum atomic E-state index is -4.86. The lowest BCUT2D eigenvalue weighted by molar-refractivity contribution is -0.274. The number of para-hydroxylation sites is 1. The third kappa shape index (κ3) is 4.06. The summed E-state index contributed by atoms with van der Waals surface area (Å²) in [6, 6.07) is 9.51. The maximum atomic E-state index is 13.7. The topological polar surface area (TPSA) is 72.8 Å². The van der Waals surface area contributed by atoms with Gasteiger partial charge in [-0.1, -0.05) is 18.2 Å². The van der Waals surface area contributed by atoms with E-state index in [9.17, 15) is 22.4 Å². The molecule has 0 aliphatic carbocycles. The van der Waals surface area contributed by atoms with E-state index >= 15 is 0 Å². The van der Waals surface area contributed by atoms with Crippen LogP contribution in [0, 0.1) is 5.82 Å². The van der Waals surface area contributed by atoms with Gasteiger partial charge in [0.1, 0.15) is 22.8 Å². The molecule has 0 aliphatic rings. The Morgan fingerprint density at radius 1 is 1.17 bits per heavy atom. The third-order valence-electron chi connectivity index (χ3n) is 4.18. The number of nitrogens with one attached hydrogen (secondary N) is 1. The number of hydrogen-bond donors (Lipinski definition) is 1. The first-order valence-electron chi connectivity index (χ1n) is 8.47. The van der Waals surface area contributed by atoms with Gasteiger partial charge in [0, 0.05) is 22.5 Å². The molecule has 0 saturated heterocycles. The number of aromatic nitrogens is 4. The van der Waals surface area contributed by atoms with Gasteiger partial charge < -0.3 is 9.72 Å². The second-order valence-electron chi connectivity index (χ2n) is 6.23. The number of ether oxygens (including phenoxy) is 1. The Hall–Kier alpha value is -3.21. The van der Waals surface area contributed by atoms with Gasteiger partial charge in [0.05, 0.1) is 11.9 Å². The molecule has 4 rings (SSSR count). The van der Waals surface area contributed by atoms with Gasteiger partial charge in [0.15, 0.2) is 5.65 Å². The number of H-pyrrole nitrogens is 1. The highest BCUT2D eigenvalue weighted by molar-refractivity contribution is 9.10. The van der Waals surface area contributed by atoms with E-state index in [0.29, 0.717) is 10.2 Å². The Balaban J connectivity index is 1.79. The van der Waals surface area contributed by atoms with E-state index in [4.69, 9.17) is 0 Å². The number of hydrogen-bond acceptors (Lipinski definition) is 4. The zero-order valence-electron chi connectivity index (χ0n) is 14.9. The molecule has 0 saturated carbocycles. The number of halogens is 5. The largest absolute Gasteiger partial charge is 0.573 e. The van der Waals surface area contributed by atoms with Crippen LogP contribution in [0.5, 0.6) is 5.75 Å². The van der Waals surface area contributed by atoms with E-state index in [1.54, 1.807) is 6.07 Å². The summed E-state index contributed by atoms with van der Waals surface area (Å²) < 4.78 is 57.5. The number of rotatable bonds is 4. The van der Waals surface area contributed by atoms with Crippen molar-refractivity contribution in [3.05, 3.63) is 80.7 Å². The first kappa shape index (κ1) is 20.1. The van der Waals surface area contributed by atoms with Crippen LogP contribution in [-0.4, -0.2) is 26.1 Å². The summed E-state index contributed by atoms with van der Waals surface area (Å²) >= 11 is 3.30. The lowest BCUT2D eigenvalue weighted by atomic mass is 10.1. The van der Waals surface area contributed by atoms with Crippen molar-refractivity contribution in [2.45, 2.75) is 12.8 Å². The molecule has 0 aliphatic heterocycles. The highest BCUT2D eigenvalue weighted by atomic mass is 79.9. The molecule has 30 heavy (non-hydrogen) atoms. The van der Waals surface area contributed by atoms with Crippen LogP contribution >= 0.6 is 15.9 Å². The van der Waals surface area contributed by atoms with Crippen LogP contribution in [0.25, 0.3) is 16.7 Å². The molecule has 11 heteroatoms. The first-order valence-corrected chi connectivity index (χ1v) is 9.26. The van der Waals surface area contributed by atoms with E-state index < -0.39 is 23.5 Å². The van der Waals surface area contributed by atoms with Crippen LogP contribution in [0.15, 0.2) is 57.9 Å². The van der Waals surface area contributed by atoms with Gasteiger partial charge in [0.25, 0.3) is 5.56 Å². The maximum Gasteiger partial charge on any atom is 0.573 e. The van der Waals surface area contributed by atoms with Gasteiger partial charge in [-0.25, -0.2) is 14.1 Å². The monoisotopic (exact) mass is 482 g/mol. The molecule has 0 amide bonds. The van der Waals surface area contributed by atoms with Gasteiger partial charge in [-0.3, -0.25) is 4.79 Å².